The quantitative estimate of drug-likeness (QED) is 0.0976. The van der Waals surface area contributed by atoms with E-state index in [-0.39, 0.29) is 47.5 Å². The molecular formula is C36H46CaO6S2. The molecule has 0 aromatic heterocycles. The molecule has 0 N–H and O–H groups in total. The van der Waals surface area contributed by atoms with Crippen LogP contribution in [0.2, 0.25) is 0 Å². The van der Waals surface area contributed by atoms with Gasteiger partial charge in [-0.25, -0.2) is 16.8 Å². The first kappa shape index (κ1) is 39.7. The maximum Gasteiger partial charge on any atom is 2.00 e. The molecule has 4 aromatic carbocycles. The molecule has 0 spiro atoms. The van der Waals surface area contributed by atoms with Crippen molar-refractivity contribution < 1.29 is 25.9 Å². The second-order valence-corrected chi connectivity index (χ2v) is 14.3. The van der Waals surface area contributed by atoms with E-state index in [0.717, 1.165) is 98.6 Å². The first-order valence-electron chi connectivity index (χ1n) is 15.9. The van der Waals surface area contributed by atoms with Crippen LogP contribution in [0.1, 0.15) is 101 Å². The maximum absolute atomic E-state index is 11.2. The summed E-state index contributed by atoms with van der Waals surface area (Å²) in [5, 5.41) is 3.67. The van der Waals surface area contributed by atoms with Crippen molar-refractivity contribution in [1.82, 2.24) is 0 Å². The number of hydrogen-bond donors (Lipinski definition) is 0. The number of aryl methyl sites for hydroxylation is 4. The fourth-order valence-electron chi connectivity index (χ4n) is 5.45. The number of unbranched alkanes of at least 4 members (excludes halogenated alkanes) is 4. The van der Waals surface area contributed by atoms with E-state index in [1.54, 1.807) is 12.1 Å². The second-order valence-electron chi connectivity index (χ2n) is 11.6. The van der Waals surface area contributed by atoms with E-state index in [4.69, 9.17) is 0 Å². The van der Waals surface area contributed by atoms with E-state index in [1.807, 2.05) is 0 Å². The van der Waals surface area contributed by atoms with Gasteiger partial charge in [0.2, 0.25) is 0 Å². The van der Waals surface area contributed by atoms with Gasteiger partial charge in [0.05, 0.1) is 9.79 Å². The molecule has 0 fully saturated rings. The zero-order chi connectivity index (χ0) is 32.3. The van der Waals surface area contributed by atoms with Crippen molar-refractivity contribution in [2.24, 2.45) is 0 Å². The third-order valence-corrected chi connectivity index (χ3v) is 9.70. The first-order valence-corrected chi connectivity index (χ1v) is 18.8. The molecule has 0 saturated heterocycles. The van der Waals surface area contributed by atoms with Crippen LogP contribution in [0.15, 0.2) is 70.5 Å². The molecule has 0 aliphatic heterocycles. The van der Waals surface area contributed by atoms with Gasteiger partial charge in [-0.3, -0.25) is 0 Å². The van der Waals surface area contributed by atoms with Crippen LogP contribution < -0.4 is 0 Å². The minimum Gasteiger partial charge on any atom is -0.744 e. The monoisotopic (exact) mass is 678 g/mol. The average molecular weight is 679 g/mol. The average Bonchev–Trinajstić information content (AvgIpc) is 2.99. The Morgan fingerprint density at radius 2 is 0.711 bits per heavy atom. The standard InChI is InChI=1S/2C18H24O3S.Ca/c2*1-3-5-7-14-11-16-9-10-18(22(19,20)21)13-17(16)12-15(14)8-6-4-2;/h2*9-13H,3-8H2,1-2H3,(H,19,20,21);/q;;+2/p-2. The molecule has 0 bridgehead atoms. The predicted molar refractivity (Wildman–Crippen MR) is 184 cm³/mol. The summed E-state index contributed by atoms with van der Waals surface area (Å²) < 4.78 is 67.1. The van der Waals surface area contributed by atoms with Crippen molar-refractivity contribution in [3.63, 3.8) is 0 Å². The van der Waals surface area contributed by atoms with Gasteiger partial charge in [0.1, 0.15) is 20.2 Å². The SMILES string of the molecule is CCCCc1cc2ccc(S(=O)(=O)[O-])cc2cc1CCCC.CCCCc1cc2ccc(S(=O)(=O)[O-])cc2cc1CCCC.[Ca+2]. The van der Waals surface area contributed by atoms with Gasteiger partial charge in [0, 0.05) is 0 Å². The van der Waals surface area contributed by atoms with Gasteiger partial charge in [0.25, 0.3) is 0 Å². The van der Waals surface area contributed by atoms with Crippen molar-refractivity contribution in [2.75, 3.05) is 0 Å². The van der Waals surface area contributed by atoms with Crippen LogP contribution in [0.3, 0.4) is 0 Å². The third-order valence-electron chi connectivity index (χ3n) is 8.04. The molecule has 0 unspecified atom stereocenters. The van der Waals surface area contributed by atoms with Gasteiger partial charge in [-0.1, -0.05) is 89.8 Å². The van der Waals surface area contributed by atoms with Crippen molar-refractivity contribution in [2.45, 2.75) is 115 Å². The van der Waals surface area contributed by atoms with Crippen LogP contribution in [0.4, 0.5) is 0 Å². The Morgan fingerprint density at radius 3 is 0.956 bits per heavy atom. The molecule has 0 aliphatic carbocycles. The molecule has 4 aromatic rings. The minimum atomic E-state index is -4.40. The molecule has 240 valence electrons. The van der Waals surface area contributed by atoms with Gasteiger partial charge >= 0.3 is 37.7 Å². The molecule has 0 radical (unpaired) electrons. The van der Waals surface area contributed by atoms with Gasteiger partial charge in [-0.2, -0.15) is 0 Å². The Labute approximate surface area is 300 Å². The Morgan fingerprint density at radius 1 is 0.444 bits per heavy atom. The third kappa shape index (κ3) is 11.9. The summed E-state index contributed by atoms with van der Waals surface area (Å²) in [6.45, 7) is 8.68. The molecule has 0 saturated carbocycles. The first-order chi connectivity index (χ1) is 20.9. The van der Waals surface area contributed by atoms with Crippen LogP contribution in [0, 0.1) is 0 Å². The van der Waals surface area contributed by atoms with Crippen molar-refractivity contribution >= 4 is 79.5 Å². The summed E-state index contributed by atoms with van der Waals surface area (Å²) in [5.74, 6) is 0. The van der Waals surface area contributed by atoms with Crippen molar-refractivity contribution in [1.29, 1.82) is 0 Å². The molecule has 4 rings (SSSR count). The van der Waals surface area contributed by atoms with Crippen LogP contribution >= 0.6 is 0 Å². The maximum atomic E-state index is 11.2. The Balaban J connectivity index is 0.000000307. The van der Waals surface area contributed by atoms with Crippen molar-refractivity contribution in [3.8, 4) is 0 Å². The molecular weight excluding hydrogens is 633 g/mol. The zero-order valence-corrected chi connectivity index (χ0v) is 31.1. The predicted octanol–water partition coefficient (Wildman–Crippen LogP) is 8.48. The number of fused-ring (bicyclic) bond motifs is 2. The van der Waals surface area contributed by atoms with E-state index in [1.165, 1.54) is 46.5 Å². The number of hydrogen-bond acceptors (Lipinski definition) is 6. The van der Waals surface area contributed by atoms with Gasteiger partial charge in [0.15, 0.2) is 0 Å². The van der Waals surface area contributed by atoms with Crippen LogP contribution in [-0.2, 0) is 45.9 Å². The summed E-state index contributed by atoms with van der Waals surface area (Å²) in [7, 11) is -8.80. The minimum absolute atomic E-state index is 0. The number of benzene rings is 4. The Bertz CT molecular complexity index is 1630. The van der Waals surface area contributed by atoms with Gasteiger partial charge in [-0.15, -0.1) is 0 Å². The molecule has 0 amide bonds. The Hall–Kier alpha value is -1.52. The smallest absolute Gasteiger partial charge is 0.744 e. The fraction of sp³-hybridized carbons (Fsp3) is 0.444. The van der Waals surface area contributed by atoms with E-state index >= 15 is 0 Å². The van der Waals surface area contributed by atoms with E-state index in [9.17, 15) is 25.9 Å². The summed E-state index contributed by atoms with van der Waals surface area (Å²) in [4.78, 5) is -0.300. The summed E-state index contributed by atoms with van der Waals surface area (Å²) in [6, 6.07) is 17.7. The molecule has 6 nitrogen and oxygen atoms in total. The summed E-state index contributed by atoms with van der Waals surface area (Å²) >= 11 is 0. The van der Waals surface area contributed by atoms with Crippen molar-refractivity contribution in [3.05, 3.63) is 82.9 Å². The summed E-state index contributed by atoms with van der Waals surface area (Å²) in [5.41, 5.74) is 5.26. The number of rotatable bonds is 14. The molecule has 0 aliphatic rings. The molecule has 45 heavy (non-hydrogen) atoms. The van der Waals surface area contributed by atoms with Crippen LogP contribution in [0.25, 0.3) is 21.5 Å². The topological polar surface area (TPSA) is 114 Å². The van der Waals surface area contributed by atoms with Crippen LogP contribution in [0.5, 0.6) is 0 Å². The normalized spacial score (nSPS) is 11.7. The van der Waals surface area contributed by atoms with E-state index in [0.29, 0.717) is 0 Å². The van der Waals surface area contributed by atoms with E-state index < -0.39 is 20.2 Å². The van der Waals surface area contributed by atoms with E-state index in [2.05, 4.69) is 52.0 Å². The Kier molecular flexibility index (Phi) is 16.5. The van der Waals surface area contributed by atoms with Gasteiger partial charge in [-0.05, 0) is 119 Å². The molecule has 9 heteroatoms. The second kappa shape index (κ2) is 18.7. The van der Waals surface area contributed by atoms with Gasteiger partial charge < -0.3 is 9.11 Å². The molecule has 0 heterocycles. The molecule has 0 atom stereocenters. The van der Waals surface area contributed by atoms with Crippen LogP contribution in [-0.4, -0.2) is 63.7 Å². The fourth-order valence-corrected chi connectivity index (χ4v) is 6.46. The zero-order valence-electron chi connectivity index (χ0n) is 27.2. The largest absolute Gasteiger partial charge is 2.00 e. The summed E-state index contributed by atoms with van der Waals surface area (Å²) in [6.07, 6.45) is 13.2.